The monoisotopic (exact) mass is 323 g/mol. The van der Waals surface area contributed by atoms with Crippen molar-refractivity contribution in [1.29, 1.82) is 0 Å². The van der Waals surface area contributed by atoms with Crippen molar-refractivity contribution in [1.82, 2.24) is 15.4 Å². The molecule has 0 aromatic carbocycles. The Kier molecular flexibility index (Phi) is 6.15. The van der Waals surface area contributed by atoms with Crippen LogP contribution in [0.3, 0.4) is 0 Å². The topological polar surface area (TPSA) is 84.7 Å². The Morgan fingerprint density at radius 3 is 2.96 bits per heavy atom. The third kappa shape index (κ3) is 4.31. The van der Waals surface area contributed by atoms with Gasteiger partial charge in [-0.2, -0.15) is 0 Å². The Balaban J connectivity index is 1.91. The van der Waals surface area contributed by atoms with Crippen LogP contribution >= 0.6 is 0 Å². The second kappa shape index (κ2) is 8.10. The minimum Gasteiger partial charge on any atom is -0.372 e. The second-order valence-corrected chi connectivity index (χ2v) is 5.77. The highest BCUT2D eigenvalue weighted by molar-refractivity contribution is 5.87. The van der Waals surface area contributed by atoms with Gasteiger partial charge in [-0.05, 0) is 32.6 Å². The Morgan fingerprint density at radius 1 is 1.48 bits per heavy atom. The molecule has 1 atom stereocenters. The lowest BCUT2D eigenvalue weighted by atomic mass is 10.1. The normalized spacial score (nSPS) is 18.8. The predicted molar refractivity (Wildman–Crippen MR) is 83.7 cm³/mol. The first-order valence-corrected chi connectivity index (χ1v) is 8.09. The number of nitrogens with zero attached hydrogens (tertiary/aromatic N) is 2. The zero-order valence-corrected chi connectivity index (χ0v) is 14.1. The Hall–Kier alpha value is -1.89. The number of amides is 2. The third-order valence-corrected chi connectivity index (χ3v) is 4.21. The van der Waals surface area contributed by atoms with Gasteiger partial charge in [0.25, 0.3) is 5.91 Å². The van der Waals surface area contributed by atoms with Crippen LogP contribution < -0.4 is 5.32 Å². The van der Waals surface area contributed by atoms with E-state index >= 15 is 0 Å². The fourth-order valence-corrected chi connectivity index (χ4v) is 2.80. The first-order valence-electron chi connectivity index (χ1n) is 8.09. The molecule has 7 heteroatoms. The van der Waals surface area contributed by atoms with E-state index in [9.17, 15) is 9.59 Å². The third-order valence-electron chi connectivity index (χ3n) is 4.21. The fourth-order valence-electron chi connectivity index (χ4n) is 2.80. The SMILES string of the molecule is CCc1noc(C)c1CNC(=O)CN1CCCCC(OC)C1=O. The first-order chi connectivity index (χ1) is 11.1. The van der Waals surface area contributed by atoms with Crippen molar-refractivity contribution in [3.8, 4) is 0 Å². The molecule has 2 amide bonds. The summed E-state index contributed by atoms with van der Waals surface area (Å²) in [6.45, 7) is 4.84. The van der Waals surface area contributed by atoms with Gasteiger partial charge in [0.15, 0.2) is 0 Å². The first kappa shape index (κ1) is 17.5. The summed E-state index contributed by atoms with van der Waals surface area (Å²) in [4.78, 5) is 26.0. The van der Waals surface area contributed by atoms with Crippen molar-refractivity contribution in [2.45, 2.75) is 52.2 Å². The van der Waals surface area contributed by atoms with Gasteiger partial charge in [-0.3, -0.25) is 9.59 Å². The van der Waals surface area contributed by atoms with Crippen molar-refractivity contribution in [2.75, 3.05) is 20.2 Å². The summed E-state index contributed by atoms with van der Waals surface area (Å²) in [7, 11) is 1.53. The van der Waals surface area contributed by atoms with Crippen LogP contribution in [0.15, 0.2) is 4.52 Å². The van der Waals surface area contributed by atoms with Gasteiger partial charge < -0.3 is 19.5 Å². The fraction of sp³-hybridized carbons (Fsp3) is 0.688. The van der Waals surface area contributed by atoms with Crippen LogP contribution in [0, 0.1) is 6.92 Å². The number of methoxy groups -OCH3 is 1. The molecule has 1 aromatic heterocycles. The molecule has 1 N–H and O–H groups in total. The maximum Gasteiger partial charge on any atom is 0.252 e. The van der Waals surface area contributed by atoms with Crippen LogP contribution in [-0.4, -0.2) is 48.2 Å². The molecule has 0 aliphatic carbocycles. The molecule has 2 rings (SSSR count). The Labute approximate surface area is 136 Å². The Bertz CT molecular complexity index is 556. The van der Waals surface area contributed by atoms with E-state index in [0.29, 0.717) is 25.3 Å². The summed E-state index contributed by atoms with van der Waals surface area (Å²) in [5, 5.41) is 6.81. The summed E-state index contributed by atoms with van der Waals surface area (Å²) < 4.78 is 10.4. The number of hydrogen-bond donors (Lipinski definition) is 1. The van der Waals surface area contributed by atoms with Crippen LogP contribution in [0.1, 0.15) is 43.2 Å². The van der Waals surface area contributed by atoms with E-state index in [4.69, 9.17) is 9.26 Å². The van der Waals surface area contributed by atoms with Crippen LogP contribution in [0.4, 0.5) is 0 Å². The molecule has 7 nitrogen and oxygen atoms in total. The van der Waals surface area contributed by atoms with Gasteiger partial charge in [0, 0.05) is 25.8 Å². The highest BCUT2D eigenvalue weighted by Crippen LogP contribution is 2.15. The van der Waals surface area contributed by atoms with Gasteiger partial charge in [-0.1, -0.05) is 12.1 Å². The summed E-state index contributed by atoms with van der Waals surface area (Å²) in [5.41, 5.74) is 1.77. The number of hydrogen-bond acceptors (Lipinski definition) is 5. The van der Waals surface area contributed by atoms with Crippen molar-refractivity contribution >= 4 is 11.8 Å². The number of carbonyl (C=O) groups excluding carboxylic acids is 2. The van der Waals surface area contributed by atoms with Gasteiger partial charge in [0.05, 0.1) is 12.2 Å². The maximum atomic E-state index is 12.3. The smallest absolute Gasteiger partial charge is 0.252 e. The molecule has 1 unspecified atom stereocenters. The van der Waals surface area contributed by atoms with Crippen LogP contribution in [0.5, 0.6) is 0 Å². The van der Waals surface area contributed by atoms with Crippen molar-refractivity contribution in [3.63, 3.8) is 0 Å². The van der Waals surface area contributed by atoms with Crippen molar-refractivity contribution in [3.05, 3.63) is 17.0 Å². The number of aromatic nitrogens is 1. The summed E-state index contributed by atoms with van der Waals surface area (Å²) in [6, 6.07) is 0. The lowest BCUT2D eigenvalue weighted by Crippen LogP contribution is -2.44. The maximum absolute atomic E-state index is 12.3. The van der Waals surface area contributed by atoms with E-state index in [2.05, 4.69) is 10.5 Å². The second-order valence-electron chi connectivity index (χ2n) is 5.77. The number of rotatable bonds is 6. The number of nitrogens with one attached hydrogen (secondary N) is 1. The summed E-state index contributed by atoms with van der Waals surface area (Å²) in [5.74, 6) is 0.431. The molecule has 1 aliphatic heterocycles. The molecule has 128 valence electrons. The van der Waals surface area contributed by atoms with Crippen LogP contribution in [-0.2, 0) is 27.3 Å². The number of aryl methyl sites for hydroxylation is 2. The zero-order chi connectivity index (χ0) is 16.8. The van der Waals surface area contributed by atoms with Gasteiger partial charge in [-0.15, -0.1) is 0 Å². The number of likely N-dealkylation sites (tertiary alicyclic amines) is 1. The number of carbonyl (C=O) groups is 2. The van der Waals surface area contributed by atoms with Gasteiger partial charge in [0.1, 0.15) is 11.9 Å². The highest BCUT2D eigenvalue weighted by Gasteiger charge is 2.28. The number of ether oxygens (including phenoxy) is 1. The standard InChI is InChI=1S/C16H25N3O4/c1-4-13-12(11(2)23-18-13)9-17-15(20)10-19-8-6-5-7-14(22-3)16(19)21/h14H,4-10H2,1-3H3,(H,17,20). The molecule has 0 bridgehead atoms. The Morgan fingerprint density at radius 2 is 2.26 bits per heavy atom. The molecule has 1 aliphatic rings. The van der Waals surface area contributed by atoms with Crippen molar-refractivity contribution in [2.24, 2.45) is 0 Å². The lowest BCUT2D eigenvalue weighted by molar-refractivity contribution is -0.144. The molecule has 0 spiro atoms. The van der Waals surface area contributed by atoms with E-state index in [1.807, 2.05) is 13.8 Å². The lowest BCUT2D eigenvalue weighted by Gasteiger charge is -2.23. The molecule has 0 radical (unpaired) electrons. The minimum absolute atomic E-state index is 0.0600. The van der Waals surface area contributed by atoms with Gasteiger partial charge in [-0.25, -0.2) is 0 Å². The molecule has 1 fully saturated rings. The summed E-state index contributed by atoms with van der Waals surface area (Å²) >= 11 is 0. The highest BCUT2D eigenvalue weighted by atomic mass is 16.5. The zero-order valence-electron chi connectivity index (χ0n) is 14.1. The molecule has 1 saturated heterocycles. The quantitative estimate of drug-likeness (QED) is 0.850. The van der Waals surface area contributed by atoms with E-state index in [-0.39, 0.29) is 18.4 Å². The minimum atomic E-state index is -0.433. The average Bonchev–Trinajstić information content (AvgIpc) is 2.81. The average molecular weight is 323 g/mol. The van der Waals surface area contributed by atoms with Crippen molar-refractivity contribution < 1.29 is 18.8 Å². The molecular formula is C16H25N3O4. The van der Waals surface area contributed by atoms with E-state index in [1.54, 1.807) is 4.90 Å². The van der Waals surface area contributed by atoms with E-state index in [1.165, 1.54) is 7.11 Å². The van der Waals surface area contributed by atoms with E-state index < -0.39 is 6.10 Å². The molecule has 23 heavy (non-hydrogen) atoms. The molecular weight excluding hydrogens is 298 g/mol. The largest absolute Gasteiger partial charge is 0.372 e. The van der Waals surface area contributed by atoms with E-state index in [0.717, 1.165) is 30.5 Å². The molecule has 1 aromatic rings. The molecule has 2 heterocycles. The van der Waals surface area contributed by atoms with Crippen LogP contribution in [0.2, 0.25) is 0 Å². The van der Waals surface area contributed by atoms with Gasteiger partial charge >= 0.3 is 0 Å². The molecule has 0 saturated carbocycles. The van der Waals surface area contributed by atoms with Gasteiger partial charge in [0.2, 0.25) is 5.91 Å². The predicted octanol–water partition coefficient (Wildman–Crippen LogP) is 1.19. The van der Waals surface area contributed by atoms with Crippen LogP contribution in [0.25, 0.3) is 0 Å². The summed E-state index contributed by atoms with van der Waals surface area (Å²) in [6.07, 6.45) is 2.86.